The highest BCUT2D eigenvalue weighted by molar-refractivity contribution is 7.11. The van der Waals surface area contributed by atoms with Gasteiger partial charge in [-0.25, -0.2) is 4.98 Å². The zero-order valence-corrected chi connectivity index (χ0v) is 14.1. The molecule has 6 nitrogen and oxygen atoms in total. The highest BCUT2D eigenvalue weighted by Gasteiger charge is 2.10. The molecule has 0 spiro atoms. The topological polar surface area (TPSA) is 68.0 Å². The third kappa shape index (κ3) is 2.82. The third-order valence-electron chi connectivity index (χ3n) is 3.41. The molecule has 0 aromatic carbocycles. The average Bonchev–Trinajstić information content (AvgIpc) is 3.31. The highest BCUT2D eigenvalue weighted by atomic mass is 32.1. The van der Waals surface area contributed by atoms with Crippen molar-refractivity contribution in [3.8, 4) is 11.4 Å². The van der Waals surface area contributed by atoms with Gasteiger partial charge >= 0.3 is 0 Å². The number of nitrogens with one attached hydrogen (secondary N) is 1. The Kier molecular flexibility index (Phi) is 3.76. The number of hydrogen-bond acceptors (Lipinski definition) is 7. The normalized spacial score (nSPS) is 11.2. The Morgan fingerprint density at radius 1 is 1.22 bits per heavy atom. The molecular weight excluding hydrogens is 328 g/mol. The van der Waals surface area contributed by atoms with E-state index in [4.69, 9.17) is 0 Å². The van der Waals surface area contributed by atoms with Gasteiger partial charge in [0, 0.05) is 22.0 Å². The van der Waals surface area contributed by atoms with Gasteiger partial charge in [0.15, 0.2) is 11.5 Å². The molecule has 0 atom stereocenters. The molecule has 4 heterocycles. The number of aryl methyl sites for hydroxylation is 1. The molecular formula is C15H14N6S2. The monoisotopic (exact) mass is 342 g/mol. The Morgan fingerprint density at radius 3 is 2.96 bits per heavy atom. The molecule has 0 fully saturated rings. The van der Waals surface area contributed by atoms with E-state index < -0.39 is 0 Å². The maximum absolute atomic E-state index is 4.60. The first-order chi connectivity index (χ1) is 11.3. The summed E-state index contributed by atoms with van der Waals surface area (Å²) < 4.78 is 1.77. The summed E-state index contributed by atoms with van der Waals surface area (Å²) in [5.74, 6) is 1.54. The van der Waals surface area contributed by atoms with E-state index in [1.54, 1.807) is 27.2 Å². The van der Waals surface area contributed by atoms with E-state index in [9.17, 15) is 0 Å². The number of nitrogens with zero attached hydrogens (tertiary/aromatic N) is 5. The fraction of sp³-hybridized carbons (Fsp3) is 0.200. The average molecular weight is 342 g/mol. The van der Waals surface area contributed by atoms with Crippen LogP contribution in [-0.2, 0) is 13.0 Å². The number of thiophene rings is 1. The zero-order valence-electron chi connectivity index (χ0n) is 12.4. The molecule has 0 unspecified atom stereocenters. The van der Waals surface area contributed by atoms with Gasteiger partial charge in [0.05, 0.1) is 6.54 Å². The van der Waals surface area contributed by atoms with Crippen LogP contribution in [-0.4, -0.2) is 24.8 Å². The first-order valence-electron chi connectivity index (χ1n) is 7.26. The van der Waals surface area contributed by atoms with E-state index in [0.717, 1.165) is 34.3 Å². The largest absolute Gasteiger partial charge is 0.362 e. The van der Waals surface area contributed by atoms with Crippen molar-refractivity contribution in [2.75, 3.05) is 5.32 Å². The van der Waals surface area contributed by atoms with Gasteiger partial charge in [0.2, 0.25) is 0 Å². The van der Waals surface area contributed by atoms with Crippen LogP contribution in [0.2, 0.25) is 0 Å². The fourth-order valence-corrected chi connectivity index (χ4v) is 3.65. The molecule has 0 saturated heterocycles. The minimum atomic E-state index is 0.666. The standard InChI is InChI=1S/C15H14N6S2/c1-2-11-7-17-14(23-11)8-16-12-3-4-13-18-19-15(21(13)20-12)10-5-6-22-9-10/h3-7,9H,2,8H2,1H3,(H,16,20). The molecule has 4 rings (SSSR count). The summed E-state index contributed by atoms with van der Waals surface area (Å²) in [6.45, 7) is 2.80. The van der Waals surface area contributed by atoms with Crippen molar-refractivity contribution >= 4 is 34.1 Å². The van der Waals surface area contributed by atoms with Crippen LogP contribution >= 0.6 is 22.7 Å². The van der Waals surface area contributed by atoms with Crippen LogP contribution in [0.3, 0.4) is 0 Å². The van der Waals surface area contributed by atoms with Gasteiger partial charge in [-0.05, 0) is 30.0 Å². The minimum absolute atomic E-state index is 0.666. The molecule has 4 aromatic rings. The summed E-state index contributed by atoms with van der Waals surface area (Å²) in [5.41, 5.74) is 1.76. The zero-order chi connectivity index (χ0) is 15.6. The molecule has 4 aromatic heterocycles. The molecule has 0 amide bonds. The Hall–Kier alpha value is -2.32. The highest BCUT2D eigenvalue weighted by Crippen LogP contribution is 2.21. The Labute approximate surface area is 140 Å². The van der Waals surface area contributed by atoms with Gasteiger partial charge in [-0.2, -0.15) is 15.9 Å². The summed E-state index contributed by atoms with van der Waals surface area (Å²) in [5, 5.41) is 21.4. The van der Waals surface area contributed by atoms with Crippen molar-refractivity contribution in [1.82, 2.24) is 24.8 Å². The lowest BCUT2D eigenvalue weighted by atomic mass is 10.3. The van der Waals surface area contributed by atoms with Gasteiger partial charge in [-0.3, -0.25) is 0 Å². The molecule has 0 aliphatic rings. The molecule has 0 radical (unpaired) electrons. The van der Waals surface area contributed by atoms with E-state index >= 15 is 0 Å². The first kappa shape index (κ1) is 14.3. The third-order valence-corrected chi connectivity index (χ3v) is 5.24. The summed E-state index contributed by atoms with van der Waals surface area (Å²) in [6.07, 6.45) is 2.96. The predicted molar refractivity (Wildman–Crippen MR) is 92.9 cm³/mol. The predicted octanol–water partition coefficient (Wildman–Crippen LogP) is 3.48. The molecule has 0 aliphatic carbocycles. The number of anilines is 1. The van der Waals surface area contributed by atoms with Crippen molar-refractivity contribution in [1.29, 1.82) is 0 Å². The van der Waals surface area contributed by atoms with Gasteiger partial charge < -0.3 is 5.32 Å². The van der Waals surface area contributed by atoms with Crippen molar-refractivity contribution in [2.45, 2.75) is 19.9 Å². The second-order valence-electron chi connectivity index (χ2n) is 4.95. The number of thiazole rings is 1. The second kappa shape index (κ2) is 6.05. The lowest BCUT2D eigenvalue weighted by molar-refractivity contribution is 0.924. The van der Waals surface area contributed by atoms with Crippen LogP contribution in [0.1, 0.15) is 16.8 Å². The molecule has 23 heavy (non-hydrogen) atoms. The van der Waals surface area contributed by atoms with Crippen molar-refractivity contribution in [3.05, 3.63) is 45.0 Å². The molecule has 116 valence electrons. The van der Waals surface area contributed by atoms with Gasteiger partial charge in [0.25, 0.3) is 0 Å². The minimum Gasteiger partial charge on any atom is -0.362 e. The van der Waals surface area contributed by atoms with E-state index in [2.05, 4.69) is 32.5 Å². The maximum Gasteiger partial charge on any atom is 0.186 e. The number of rotatable bonds is 5. The van der Waals surface area contributed by atoms with Crippen LogP contribution in [0.5, 0.6) is 0 Å². The molecule has 0 bridgehead atoms. The quantitative estimate of drug-likeness (QED) is 0.601. The summed E-state index contributed by atoms with van der Waals surface area (Å²) >= 11 is 3.36. The van der Waals surface area contributed by atoms with Crippen molar-refractivity contribution < 1.29 is 0 Å². The van der Waals surface area contributed by atoms with E-state index in [0.29, 0.717) is 6.54 Å². The Bertz CT molecular complexity index is 925. The van der Waals surface area contributed by atoms with Gasteiger partial charge in [0.1, 0.15) is 10.8 Å². The van der Waals surface area contributed by atoms with Gasteiger partial charge in [-0.1, -0.05) is 6.92 Å². The number of hydrogen-bond donors (Lipinski definition) is 1. The SMILES string of the molecule is CCc1cnc(CNc2ccc3nnc(-c4ccsc4)n3n2)s1. The maximum atomic E-state index is 4.60. The molecule has 0 saturated carbocycles. The lowest BCUT2D eigenvalue weighted by Crippen LogP contribution is -2.04. The van der Waals surface area contributed by atoms with Gasteiger partial charge in [-0.15, -0.1) is 26.6 Å². The van der Waals surface area contributed by atoms with E-state index in [1.807, 2.05) is 35.2 Å². The second-order valence-corrected chi connectivity index (χ2v) is 6.93. The van der Waals surface area contributed by atoms with Crippen LogP contribution in [0.4, 0.5) is 5.82 Å². The van der Waals surface area contributed by atoms with Crippen LogP contribution < -0.4 is 5.32 Å². The van der Waals surface area contributed by atoms with E-state index in [-0.39, 0.29) is 0 Å². The van der Waals surface area contributed by atoms with Crippen molar-refractivity contribution in [3.63, 3.8) is 0 Å². The lowest BCUT2D eigenvalue weighted by Gasteiger charge is -2.04. The molecule has 1 N–H and O–H groups in total. The number of fused-ring (bicyclic) bond motifs is 1. The van der Waals surface area contributed by atoms with Crippen LogP contribution in [0.15, 0.2) is 35.2 Å². The van der Waals surface area contributed by atoms with E-state index in [1.165, 1.54) is 4.88 Å². The summed E-state index contributed by atoms with van der Waals surface area (Å²) in [7, 11) is 0. The summed E-state index contributed by atoms with van der Waals surface area (Å²) in [6, 6.07) is 5.85. The first-order valence-corrected chi connectivity index (χ1v) is 9.02. The smallest absolute Gasteiger partial charge is 0.186 e. The number of aromatic nitrogens is 5. The molecule has 0 aliphatic heterocycles. The summed E-state index contributed by atoms with van der Waals surface area (Å²) in [4.78, 5) is 5.71. The Balaban J connectivity index is 1.59. The van der Waals surface area contributed by atoms with Crippen LogP contribution in [0.25, 0.3) is 17.0 Å². The van der Waals surface area contributed by atoms with Crippen LogP contribution in [0, 0.1) is 0 Å². The fourth-order valence-electron chi connectivity index (χ4n) is 2.21. The van der Waals surface area contributed by atoms with Crippen molar-refractivity contribution in [2.24, 2.45) is 0 Å². The molecule has 8 heteroatoms. The Morgan fingerprint density at radius 2 is 2.17 bits per heavy atom.